The molecule has 2 heterocycles. The summed E-state index contributed by atoms with van der Waals surface area (Å²) in [5.74, 6) is 3.18. The Morgan fingerprint density at radius 3 is 2.71 bits per heavy atom. The Balaban J connectivity index is 2.00. The van der Waals surface area contributed by atoms with Crippen LogP contribution in [0.2, 0.25) is 0 Å². The van der Waals surface area contributed by atoms with E-state index >= 15 is 0 Å². The summed E-state index contributed by atoms with van der Waals surface area (Å²) in [7, 11) is 1.68. The molecule has 0 unspecified atom stereocenters. The van der Waals surface area contributed by atoms with Crippen molar-refractivity contribution in [1.29, 1.82) is 0 Å². The van der Waals surface area contributed by atoms with Gasteiger partial charge in [-0.15, -0.1) is 23.5 Å². The molecule has 88 valence electrons. The minimum Gasteiger partial charge on any atom is -0.497 e. The molecule has 1 aromatic carbocycles. The predicted molar refractivity (Wildman–Crippen MR) is 72.0 cm³/mol. The molecule has 0 spiro atoms. The second-order valence-electron chi connectivity index (χ2n) is 3.66. The topological polar surface area (TPSA) is 37.9 Å². The molecule has 3 rings (SSSR count). The zero-order valence-electron chi connectivity index (χ0n) is 9.40. The molecular weight excluding hydrogens is 252 g/mol. The molecule has 0 saturated heterocycles. The smallest absolute Gasteiger partial charge is 0.132 e. The van der Waals surface area contributed by atoms with E-state index in [9.17, 15) is 0 Å². The highest BCUT2D eigenvalue weighted by atomic mass is 32.2. The highest BCUT2D eigenvalue weighted by molar-refractivity contribution is 8.05. The third-order valence-corrected chi connectivity index (χ3v) is 5.10. The van der Waals surface area contributed by atoms with Crippen LogP contribution >= 0.6 is 23.5 Å². The number of benzene rings is 1. The summed E-state index contributed by atoms with van der Waals surface area (Å²) in [4.78, 5) is 1.28. The summed E-state index contributed by atoms with van der Waals surface area (Å²) in [5, 5.41) is 8.63. The Labute approximate surface area is 108 Å². The Bertz CT molecular complexity index is 522. The van der Waals surface area contributed by atoms with E-state index in [1.807, 2.05) is 35.7 Å². The minimum atomic E-state index is 0.879. The van der Waals surface area contributed by atoms with E-state index in [0.717, 1.165) is 33.5 Å². The largest absolute Gasteiger partial charge is 0.497 e. The number of aromatic amines is 1. The fourth-order valence-corrected chi connectivity index (χ4v) is 4.02. The maximum atomic E-state index is 5.16. The summed E-state index contributed by atoms with van der Waals surface area (Å²) in [6.07, 6.45) is 0. The molecule has 1 N–H and O–H groups in total. The van der Waals surface area contributed by atoms with Gasteiger partial charge in [-0.25, -0.2) is 0 Å². The fourth-order valence-electron chi connectivity index (χ4n) is 1.78. The van der Waals surface area contributed by atoms with Gasteiger partial charge in [0.1, 0.15) is 10.8 Å². The van der Waals surface area contributed by atoms with E-state index in [0.29, 0.717) is 0 Å². The average Bonchev–Trinajstić information content (AvgIpc) is 2.83. The summed E-state index contributed by atoms with van der Waals surface area (Å²) >= 11 is 3.70. The van der Waals surface area contributed by atoms with Crippen molar-refractivity contribution < 1.29 is 4.74 Å². The molecule has 0 saturated carbocycles. The predicted octanol–water partition coefficient (Wildman–Crippen LogP) is 3.28. The second kappa shape index (κ2) is 4.66. The number of methoxy groups -OCH3 is 1. The van der Waals surface area contributed by atoms with E-state index in [1.165, 1.54) is 4.90 Å². The lowest BCUT2D eigenvalue weighted by molar-refractivity contribution is 0.415. The molecule has 1 aromatic heterocycles. The standard InChI is InChI=1S/C12H12N2OS2/c1-15-9-4-2-8(3-5-9)10-11-12(14-13-10)17-7-6-16-11/h2-5H,6-7H2,1H3,(H,13,14). The Hall–Kier alpha value is -1.07. The van der Waals surface area contributed by atoms with Gasteiger partial charge in [0.2, 0.25) is 0 Å². The lowest BCUT2D eigenvalue weighted by atomic mass is 10.1. The monoisotopic (exact) mass is 264 g/mol. The lowest BCUT2D eigenvalue weighted by Gasteiger charge is -2.10. The number of thioether (sulfide) groups is 2. The number of nitrogens with one attached hydrogen (secondary N) is 1. The summed E-state index contributed by atoms with van der Waals surface area (Å²) < 4.78 is 5.16. The molecule has 5 heteroatoms. The van der Waals surface area contributed by atoms with Crippen molar-refractivity contribution in [2.45, 2.75) is 9.92 Å². The van der Waals surface area contributed by atoms with Crippen LogP contribution in [0, 0.1) is 0 Å². The number of hydrogen-bond acceptors (Lipinski definition) is 4. The van der Waals surface area contributed by atoms with Crippen LogP contribution in [-0.2, 0) is 0 Å². The van der Waals surface area contributed by atoms with Crippen molar-refractivity contribution in [3.8, 4) is 17.0 Å². The van der Waals surface area contributed by atoms with Crippen LogP contribution in [0.5, 0.6) is 5.75 Å². The van der Waals surface area contributed by atoms with Crippen LogP contribution in [0.1, 0.15) is 0 Å². The molecule has 2 aromatic rings. The molecule has 17 heavy (non-hydrogen) atoms. The molecule has 0 bridgehead atoms. The molecule has 3 nitrogen and oxygen atoms in total. The van der Waals surface area contributed by atoms with Gasteiger partial charge < -0.3 is 4.74 Å². The van der Waals surface area contributed by atoms with Crippen LogP contribution in [0.3, 0.4) is 0 Å². The normalized spacial score (nSPS) is 14.4. The van der Waals surface area contributed by atoms with E-state index in [2.05, 4.69) is 22.3 Å². The SMILES string of the molecule is COc1ccc(-c2[nH]nc3c2SCCS3)cc1. The van der Waals surface area contributed by atoms with Gasteiger partial charge in [0.05, 0.1) is 17.7 Å². The number of hydrogen-bond donors (Lipinski definition) is 1. The number of H-pyrrole nitrogens is 1. The first-order valence-electron chi connectivity index (χ1n) is 5.37. The first kappa shape index (κ1) is 11.0. The average molecular weight is 264 g/mol. The molecule has 0 amide bonds. The van der Waals surface area contributed by atoms with Crippen LogP contribution in [0.25, 0.3) is 11.3 Å². The lowest BCUT2D eigenvalue weighted by Crippen LogP contribution is -1.92. The molecule has 0 atom stereocenters. The van der Waals surface area contributed by atoms with Crippen molar-refractivity contribution in [3.63, 3.8) is 0 Å². The van der Waals surface area contributed by atoms with Gasteiger partial charge in [0.15, 0.2) is 0 Å². The maximum Gasteiger partial charge on any atom is 0.132 e. The van der Waals surface area contributed by atoms with E-state index in [-0.39, 0.29) is 0 Å². The Morgan fingerprint density at radius 1 is 1.18 bits per heavy atom. The second-order valence-corrected chi connectivity index (χ2v) is 5.85. The van der Waals surface area contributed by atoms with E-state index in [4.69, 9.17) is 4.74 Å². The summed E-state index contributed by atoms with van der Waals surface area (Å²) in [6.45, 7) is 0. The van der Waals surface area contributed by atoms with Crippen molar-refractivity contribution in [2.75, 3.05) is 18.6 Å². The Morgan fingerprint density at radius 2 is 1.94 bits per heavy atom. The van der Waals surface area contributed by atoms with E-state index in [1.54, 1.807) is 7.11 Å². The van der Waals surface area contributed by atoms with Crippen molar-refractivity contribution in [1.82, 2.24) is 10.2 Å². The first-order valence-corrected chi connectivity index (χ1v) is 7.34. The first-order chi connectivity index (χ1) is 8.38. The van der Waals surface area contributed by atoms with Crippen molar-refractivity contribution in [3.05, 3.63) is 24.3 Å². The third-order valence-electron chi connectivity index (χ3n) is 2.64. The number of ether oxygens (including phenoxy) is 1. The third kappa shape index (κ3) is 2.05. The van der Waals surface area contributed by atoms with Crippen molar-refractivity contribution in [2.24, 2.45) is 0 Å². The quantitative estimate of drug-likeness (QED) is 0.903. The molecule has 1 aliphatic heterocycles. The maximum absolute atomic E-state index is 5.16. The van der Waals surface area contributed by atoms with Crippen LogP contribution in [-0.4, -0.2) is 28.8 Å². The molecular formula is C12H12N2OS2. The van der Waals surface area contributed by atoms with Gasteiger partial charge in [0.25, 0.3) is 0 Å². The zero-order valence-corrected chi connectivity index (χ0v) is 11.0. The van der Waals surface area contributed by atoms with Gasteiger partial charge in [-0.3, -0.25) is 5.10 Å². The van der Waals surface area contributed by atoms with Crippen LogP contribution in [0.4, 0.5) is 0 Å². The minimum absolute atomic E-state index is 0.879. The van der Waals surface area contributed by atoms with Gasteiger partial charge in [-0.2, -0.15) is 5.10 Å². The van der Waals surface area contributed by atoms with Gasteiger partial charge in [-0.05, 0) is 24.3 Å². The van der Waals surface area contributed by atoms with Gasteiger partial charge >= 0.3 is 0 Å². The molecule has 1 aliphatic rings. The zero-order chi connectivity index (χ0) is 11.7. The number of nitrogens with zero attached hydrogens (tertiary/aromatic N) is 1. The van der Waals surface area contributed by atoms with Crippen LogP contribution < -0.4 is 4.74 Å². The number of aromatic nitrogens is 2. The van der Waals surface area contributed by atoms with Crippen LogP contribution in [0.15, 0.2) is 34.2 Å². The van der Waals surface area contributed by atoms with E-state index < -0.39 is 0 Å². The van der Waals surface area contributed by atoms with Gasteiger partial charge in [-0.1, -0.05) is 0 Å². The number of rotatable bonds is 2. The summed E-state index contributed by atoms with van der Waals surface area (Å²) in [5.41, 5.74) is 2.29. The summed E-state index contributed by atoms with van der Waals surface area (Å²) in [6, 6.07) is 8.07. The molecule has 0 radical (unpaired) electrons. The Kier molecular flexibility index (Phi) is 3.03. The number of fused-ring (bicyclic) bond motifs is 1. The van der Waals surface area contributed by atoms with Crippen molar-refractivity contribution >= 4 is 23.5 Å². The molecule has 0 fully saturated rings. The highest BCUT2D eigenvalue weighted by Crippen LogP contribution is 2.41. The van der Waals surface area contributed by atoms with Gasteiger partial charge in [0, 0.05) is 17.1 Å². The molecule has 0 aliphatic carbocycles. The highest BCUT2D eigenvalue weighted by Gasteiger charge is 2.19. The fraction of sp³-hybridized carbons (Fsp3) is 0.250.